The fourth-order valence-electron chi connectivity index (χ4n) is 2.39. The molecule has 6 heteroatoms. The normalized spacial score (nSPS) is 13.3. The van der Waals surface area contributed by atoms with Gasteiger partial charge in [-0.05, 0) is 52.3 Å². The summed E-state index contributed by atoms with van der Waals surface area (Å²) >= 11 is 3.48. The number of hydrogen-bond acceptors (Lipinski definition) is 5. The van der Waals surface area contributed by atoms with E-state index in [4.69, 9.17) is 9.47 Å². The van der Waals surface area contributed by atoms with E-state index in [1.54, 1.807) is 30.3 Å². The molecule has 2 aromatic rings. The number of carbonyl (C=O) groups is 1. The van der Waals surface area contributed by atoms with Gasteiger partial charge in [-0.15, -0.1) is 0 Å². The summed E-state index contributed by atoms with van der Waals surface area (Å²) in [6, 6.07) is 10.3. The first-order chi connectivity index (χ1) is 10.6. The minimum Gasteiger partial charge on any atom is -0.508 e. The number of fused-ring (bicyclic) bond motifs is 1. The number of rotatable bonds is 2. The maximum absolute atomic E-state index is 11.5. The zero-order chi connectivity index (χ0) is 15.7. The first-order valence-corrected chi connectivity index (χ1v) is 7.45. The summed E-state index contributed by atoms with van der Waals surface area (Å²) in [5.74, 6) is 0.609. The number of phenolic OH excluding ortho intramolecular Hbond substituents is 1. The van der Waals surface area contributed by atoms with Gasteiger partial charge in [-0.25, -0.2) is 4.79 Å². The first-order valence-electron chi connectivity index (χ1n) is 6.66. The second kappa shape index (κ2) is 5.88. The van der Waals surface area contributed by atoms with Crippen LogP contribution in [0.15, 0.2) is 40.9 Å². The topological polar surface area (TPSA) is 59.0 Å². The molecule has 0 saturated carbocycles. The van der Waals surface area contributed by atoms with Gasteiger partial charge in [0, 0.05) is 10.0 Å². The summed E-state index contributed by atoms with van der Waals surface area (Å²) in [5.41, 5.74) is 2.30. The second-order valence-electron chi connectivity index (χ2n) is 4.92. The lowest BCUT2D eigenvalue weighted by Crippen LogP contribution is -2.32. The number of ether oxygens (including phenoxy) is 2. The van der Waals surface area contributed by atoms with Crippen molar-refractivity contribution in [1.29, 1.82) is 0 Å². The number of hydrogen-bond donors (Lipinski definition) is 1. The number of benzene rings is 2. The Balaban J connectivity index is 1.88. The molecular weight excluding hydrogens is 350 g/mol. The van der Waals surface area contributed by atoms with E-state index in [0.29, 0.717) is 18.8 Å². The van der Waals surface area contributed by atoms with Crippen LogP contribution in [0.2, 0.25) is 0 Å². The molecule has 1 aliphatic heterocycles. The Hall–Kier alpha value is -2.21. The molecule has 0 saturated heterocycles. The van der Waals surface area contributed by atoms with Crippen molar-refractivity contribution in [2.24, 2.45) is 0 Å². The van der Waals surface area contributed by atoms with Gasteiger partial charge < -0.3 is 19.5 Å². The third-order valence-corrected chi connectivity index (χ3v) is 4.13. The molecular formula is C16H14BrNO4. The lowest BCUT2D eigenvalue weighted by atomic mass is 10.1. The van der Waals surface area contributed by atoms with E-state index in [-0.39, 0.29) is 11.7 Å². The summed E-state index contributed by atoms with van der Waals surface area (Å²) in [4.78, 5) is 13.6. The lowest BCUT2D eigenvalue weighted by Gasteiger charge is -2.31. The second-order valence-corrected chi connectivity index (χ2v) is 5.78. The van der Waals surface area contributed by atoms with Crippen molar-refractivity contribution in [3.8, 4) is 11.5 Å². The van der Waals surface area contributed by atoms with E-state index in [1.165, 1.54) is 7.11 Å². The van der Waals surface area contributed by atoms with Gasteiger partial charge in [0.05, 0.1) is 24.9 Å². The molecule has 1 heterocycles. The van der Waals surface area contributed by atoms with Crippen molar-refractivity contribution in [2.45, 2.75) is 6.54 Å². The number of carbonyl (C=O) groups excluding carboxylic acids is 1. The highest BCUT2D eigenvalue weighted by atomic mass is 79.9. The Labute approximate surface area is 136 Å². The summed E-state index contributed by atoms with van der Waals surface area (Å²) in [6.07, 6.45) is 0. The van der Waals surface area contributed by atoms with Gasteiger partial charge in [-0.2, -0.15) is 0 Å². The highest BCUT2D eigenvalue weighted by molar-refractivity contribution is 9.10. The molecule has 5 nitrogen and oxygen atoms in total. The molecule has 1 N–H and O–H groups in total. The fourth-order valence-corrected chi connectivity index (χ4v) is 3.02. The van der Waals surface area contributed by atoms with Gasteiger partial charge in [0.1, 0.15) is 11.5 Å². The van der Waals surface area contributed by atoms with E-state index in [2.05, 4.69) is 15.9 Å². The zero-order valence-corrected chi connectivity index (χ0v) is 13.5. The lowest BCUT2D eigenvalue weighted by molar-refractivity contribution is 0.0600. The number of anilines is 1. The maximum Gasteiger partial charge on any atom is 0.337 e. The molecule has 0 atom stereocenters. The molecule has 0 bridgehead atoms. The van der Waals surface area contributed by atoms with Crippen molar-refractivity contribution < 1.29 is 19.4 Å². The van der Waals surface area contributed by atoms with Gasteiger partial charge in [-0.3, -0.25) is 0 Å². The number of phenols is 1. The van der Waals surface area contributed by atoms with Crippen molar-refractivity contribution in [2.75, 3.05) is 18.7 Å². The average molecular weight is 364 g/mol. The largest absolute Gasteiger partial charge is 0.508 e. The SMILES string of the molecule is COC(=O)c1ccc(N2COc3ccc(O)cc3C2)c(Br)c1. The van der Waals surface area contributed by atoms with E-state index in [0.717, 1.165) is 21.5 Å². The molecule has 22 heavy (non-hydrogen) atoms. The zero-order valence-electron chi connectivity index (χ0n) is 11.9. The Bertz CT molecular complexity index is 732. The smallest absolute Gasteiger partial charge is 0.337 e. The molecule has 0 radical (unpaired) electrons. The summed E-state index contributed by atoms with van der Waals surface area (Å²) in [7, 11) is 1.35. The number of esters is 1. The average Bonchev–Trinajstić information content (AvgIpc) is 2.53. The molecule has 114 valence electrons. The van der Waals surface area contributed by atoms with E-state index < -0.39 is 0 Å². The van der Waals surface area contributed by atoms with E-state index in [1.807, 2.05) is 11.0 Å². The molecule has 0 fully saturated rings. The van der Waals surface area contributed by atoms with E-state index >= 15 is 0 Å². The van der Waals surface area contributed by atoms with Crippen LogP contribution in [0, 0.1) is 0 Å². The Morgan fingerprint density at radius 1 is 1.32 bits per heavy atom. The highest BCUT2D eigenvalue weighted by Crippen LogP contribution is 2.34. The minimum atomic E-state index is -0.377. The van der Waals surface area contributed by atoms with Crippen LogP contribution in [0.25, 0.3) is 0 Å². The molecule has 1 aliphatic rings. The highest BCUT2D eigenvalue weighted by Gasteiger charge is 2.20. The quantitative estimate of drug-likeness (QED) is 0.829. The van der Waals surface area contributed by atoms with Crippen LogP contribution in [0.5, 0.6) is 11.5 Å². The number of aromatic hydroxyl groups is 1. The Kier molecular flexibility index (Phi) is 3.94. The first kappa shape index (κ1) is 14.7. The predicted molar refractivity (Wildman–Crippen MR) is 85.3 cm³/mol. The van der Waals surface area contributed by atoms with Crippen LogP contribution in [-0.2, 0) is 11.3 Å². The van der Waals surface area contributed by atoms with Crippen LogP contribution in [0.4, 0.5) is 5.69 Å². The summed E-state index contributed by atoms with van der Waals surface area (Å²) in [6.45, 7) is 1.01. The van der Waals surface area contributed by atoms with E-state index in [9.17, 15) is 9.90 Å². The van der Waals surface area contributed by atoms with Gasteiger partial charge in [-0.1, -0.05) is 0 Å². The molecule has 0 unspecified atom stereocenters. The summed E-state index contributed by atoms with van der Waals surface area (Å²) in [5, 5.41) is 9.59. The minimum absolute atomic E-state index is 0.212. The maximum atomic E-state index is 11.5. The predicted octanol–water partition coefficient (Wildman–Crippen LogP) is 3.30. The van der Waals surface area contributed by atoms with Gasteiger partial charge in [0.25, 0.3) is 0 Å². The van der Waals surface area contributed by atoms with Crippen LogP contribution >= 0.6 is 15.9 Å². The third kappa shape index (κ3) is 2.74. The molecule has 0 aromatic heterocycles. The van der Waals surface area contributed by atoms with Crippen LogP contribution < -0.4 is 9.64 Å². The molecule has 3 rings (SSSR count). The Morgan fingerprint density at radius 2 is 2.14 bits per heavy atom. The van der Waals surface area contributed by atoms with Crippen LogP contribution in [0.3, 0.4) is 0 Å². The molecule has 2 aromatic carbocycles. The monoisotopic (exact) mass is 363 g/mol. The van der Waals surface area contributed by atoms with Gasteiger partial charge in [0.2, 0.25) is 0 Å². The number of halogens is 1. The summed E-state index contributed by atoms with van der Waals surface area (Å²) < 4.78 is 11.2. The molecule has 0 aliphatic carbocycles. The van der Waals surface area contributed by atoms with Crippen LogP contribution in [0.1, 0.15) is 15.9 Å². The van der Waals surface area contributed by atoms with Gasteiger partial charge in [0.15, 0.2) is 6.73 Å². The molecule has 0 spiro atoms. The van der Waals surface area contributed by atoms with Crippen molar-refractivity contribution in [1.82, 2.24) is 0 Å². The van der Waals surface area contributed by atoms with Crippen molar-refractivity contribution in [3.05, 3.63) is 52.0 Å². The van der Waals surface area contributed by atoms with Crippen molar-refractivity contribution >= 4 is 27.6 Å². The van der Waals surface area contributed by atoms with Crippen LogP contribution in [-0.4, -0.2) is 24.9 Å². The fraction of sp³-hybridized carbons (Fsp3) is 0.188. The Morgan fingerprint density at radius 3 is 2.86 bits per heavy atom. The molecule has 0 amide bonds. The third-order valence-electron chi connectivity index (χ3n) is 3.49. The number of nitrogens with zero attached hydrogens (tertiary/aromatic N) is 1. The standard InChI is InChI=1S/C16H14BrNO4/c1-21-16(20)10-2-4-14(13(17)7-10)18-8-11-6-12(19)3-5-15(11)22-9-18/h2-7,19H,8-9H2,1H3. The van der Waals surface area contributed by atoms with Crippen molar-refractivity contribution in [3.63, 3.8) is 0 Å². The van der Waals surface area contributed by atoms with Gasteiger partial charge >= 0.3 is 5.97 Å². The number of methoxy groups -OCH3 is 1.